The third-order valence-corrected chi connectivity index (χ3v) is 2.39. The van der Waals surface area contributed by atoms with Crippen LogP contribution in [0.2, 0.25) is 0 Å². The average Bonchev–Trinajstić information content (AvgIpc) is 2.91. The molecule has 0 saturated carbocycles. The normalized spacial score (nSPS) is 9.83. The Bertz CT molecular complexity index is 491. The number of nitrogens with one attached hydrogen (secondary N) is 2. The molecule has 0 atom stereocenters. The molecular formula is C13H14N2O3. The summed E-state index contributed by atoms with van der Waals surface area (Å²) in [6.07, 6.45) is 2.86. The first-order valence-corrected chi connectivity index (χ1v) is 5.48. The van der Waals surface area contributed by atoms with Crippen molar-refractivity contribution in [1.29, 1.82) is 0 Å². The number of ether oxygens (including phenoxy) is 1. The van der Waals surface area contributed by atoms with Crippen molar-refractivity contribution in [2.45, 2.75) is 6.54 Å². The SMILES string of the molecule is COC(=O)Nc1ccc(NCc2ccoc2)cc1. The second kappa shape index (κ2) is 5.77. The van der Waals surface area contributed by atoms with E-state index in [-0.39, 0.29) is 0 Å². The molecule has 5 nitrogen and oxygen atoms in total. The number of methoxy groups -OCH3 is 1. The van der Waals surface area contributed by atoms with E-state index >= 15 is 0 Å². The van der Waals surface area contributed by atoms with Crippen molar-refractivity contribution < 1.29 is 13.9 Å². The smallest absolute Gasteiger partial charge is 0.411 e. The zero-order chi connectivity index (χ0) is 12.8. The minimum absolute atomic E-state index is 0.478. The average molecular weight is 246 g/mol. The Morgan fingerprint density at radius 1 is 1.22 bits per heavy atom. The summed E-state index contributed by atoms with van der Waals surface area (Å²) >= 11 is 0. The van der Waals surface area contributed by atoms with Crippen molar-refractivity contribution in [3.05, 3.63) is 48.4 Å². The van der Waals surface area contributed by atoms with Crippen LogP contribution in [0.15, 0.2) is 47.3 Å². The highest BCUT2D eigenvalue weighted by atomic mass is 16.5. The van der Waals surface area contributed by atoms with Gasteiger partial charge in [-0.15, -0.1) is 0 Å². The summed E-state index contributed by atoms with van der Waals surface area (Å²) < 4.78 is 9.48. The molecule has 2 N–H and O–H groups in total. The lowest BCUT2D eigenvalue weighted by Crippen LogP contribution is -2.10. The van der Waals surface area contributed by atoms with Gasteiger partial charge in [0.05, 0.1) is 19.6 Å². The van der Waals surface area contributed by atoms with Crippen LogP contribution in [0.1, 0.15) is 5.56 Å². The number of furan rings is 1. The van der Waals surface area contributed by atoms with Gasteiger partial charge in [0.25, 0.3) is 0 Å². The molecule has 2 aromatic rings. The topological polar surface area (TPSA) is 63.5 Å². The van der Waals surface area contributed by atoms with Crippen LogP contribution in [0.3, 0.4) is 0 Å². The summed E-state index contributed by atoms with van der Waals surface area (Å²) in [4.78, 5) is 11.0. The van der Waals surface area contributed by atoms with Gasteiger partial charge in [0.2, 0.25) is 0 Å². The Kier molecular flexibility index (Phi) is 3.86. The molecule has 94 valence electrons. The number of amides is 1. The lowest BCUT2D eigenvalue weighted by Gasteiger charge is -2.07. The van der Waals surface area contributed by atoms with E-state index in [9.17, 15) is 4.79 Å². The van der Waals surface area contributed by atoms with Gasteiger partial charge in [0.15, 0.2) is 0 Å². The van der Waals surface area contributed by atoms with Crippen molar-refractivity contribution in [2.24, 2.45) is 0 Å². The molecule has 1 amide bonds. The van der Waals surface area contributed by atoms with Gasteiger partial charge in [0, 0.05) is 23.5 Å². The summed E-state index contributed by atoms with van der Waals surface area (Å²) in [6, 6.07) is 9.26. The van der Waals surface area contributed by atoms with Gasteiger partial charge >= 0.3 is 6.09 Å². The highest BCUT2D eigenvalue weighted by Crippen LogP contribution is 2.14. The summed E-state index contributed by atoms with van der Waals surface area (Å²) in [7, 11) is 1.33. The van der Waals surface area contributed by atoms with E-state index in [2.05, 4.69) is 15.4 Å². The van der Waals surface area contributed by atoms with Crippen LogP contribution in [0.5, 0.6) is 0 Å². The first kappa shape index (κ1) is 12.0. The lowest BCUT2D eigenvalue weighted by molar-refractivity contribution is 0.187. The van der Waals surface area contributed by atoms with Crippen LogP contribution < -0.4 is 10.6 Å². The zero-order valence-corrected chi connectivity index (χ0v) is 9.97. The summed E-state index contributed by atoms with van der Waals surface area (Å²) in [5.41, 5.74) is 2.73. The number of carbonyl (C=O) groups is 1. The monoisotopic (exact) mass is 246 g/mol. The third-order valence-electron chi connectivity index (χ3n) is 2.39. The minimum Gasteiger partial charge on any atom is -0.472 e. The Balaban J connectivity index is 1.89. The van der Waals surface area contributed by atoms with E-state index in [1.165, 1.54) is 7.11 Å². The number of anilines is 2. The van der Waals surface area contributed by atoms with Crippen LogP contribution in [0.4, 0.5) is 16.2 Å². The Hall–Kier alpha value is -2.43. The fourth-order valence-corrected chi connectivity index (χ4v) is 1.44. The van der Waals surface area contributed by atoms with E-state index in [1.807, 2.05) is 18.2 Å². The molecule has 0 aliphatic rings. The second-order valence-corrected chi connectivity index (χ2v) is 3.68. The highest BCUT2D eigenvalue weighted by molar-refractivity contribution is 5.84. The predicted molar refractivity (Wildman–Crippen MR) is 68.5 cm³/mol. The van der Waals surface area contributed by atoms with E-state index in [0.29, 0.717) is 12.2 Å². The molecular weight excluding hydrogens is 232 g/mol. The van der Waals surface area contributed by atoms with Crippen molar-refractivity contribution in [3.63, 3.8) is 0 Å². The van der Waals surface area contributed by atoms with E-state index in [4.69, 9.17) is 4.42 Å². The zero-order valence-electron chi connectivity index (χ0n) is 9.97. The maximum absolute atomic E-state index is 11.0. The molecule has 0 aliphatic heterocycles. The molecule has 1 aromatic carbocycles. The summed E-state index contributed by atoms with van der Waals surface area (Å²) in [6.45, 7) is 0.695. The van der Waals surface area contributed by atoms with Crippen LogP contribution in [-0.2, 0) is 11.3 Å². The van der Waals surface area contributed by atoms with Gasteiger partial charge < -0.3 is 14.5 Å². The van der Waals surface area contributed by atoms with Crippen LogP contribution in [0, 0.1) is 0 Å². The molecule has 0 saturated heterocycles. The predicted octanol–water partition coefficient (Wildman–Crippen LogP) is 3.07. The molecule has 5 heteroatoms. The molecule has 0 spiro atoms. The second-order valence-electron chi connectivity index (χ2n) is 3.68. The third kappa shape index (κ3) is 3.28. The van der Waals surface area contributed by atoms with Crippen LogP contribution in [0.25, 0.3) is 0 Å². The standard InChI is InChI=1S/C13H14N2O3/c1-17-13(16)15-12-4-2-11(3-5-12)14-8-10-6-7-18-9-10/h2-7,9,14H,8H2,1H3,(H,15,16). The number of carbonyl (C=O) groups excluding carboxylic acids is 1. The molecule has 0 fully saturated rings. The Morgan fingerprint density at radius 2 is 1.94 bits per heavy atom. The number of hydrogen-bond donors (Lipinski definition) is 2. The van der Waals surface area contributed by atoms with E-state index in [1.54, 1.807) is 24.7 Å². The lowest BCUT2D eigenvalue weighted by atomic mass is 10.2. The molecule has 0 radical (unpaired) electrons. The van der Waals surface area contributed by atoms with Crippen LogP contribution in [-0.4, -0.2) is 13.2 Å². The van der Waals surface area contributed by atoms with Gasteiger partial charge in [-0.25, -0.2) is 4.79 Å². The maximum Gasteiger partial charge on any atom is 0.411 e. The minimum atomic E-state index is -0.478. The molecule has 18 heavy (non-hydrogen) atoms. The first-order valence-electron chi connectivity index (χ1n) is 5.48. The van der Waals surface area contributed by atoms with Gasteiger partial charge in [-0.3, -0.25) is 5.32 Å². The number of rotatable bonds is 4. The summed E-state index contributed by atoms with van der Waals surface area (Å²) in [5, 5.41) is 5.82. The molecule has 1 aromatic heterocycles. The fourth-order valence-electron chi connectivity index (χ4n) is 1.44. The molecule has 2 rings (SSSR count). The van der Waals surface area contributed by atoms with Crippen molar-refractivity contribution in [2.75, 3.05) is 17.7 Å². The fraction of sp³-hybridized carbons (Fsp3) is 0.154. The number of hydrogen-bond acceptors (Lipinski definition) is 4. The highest BCUT2D eigenvalue weighted by Gasteiger charge is 2.00. The van der Waals surface area contributed by atoms with Gasteiger partial charge in [0.1, 0.15) is 0 Å². The van der Waals surface area contributed by atoms with Gasteiger partial charge in [-0.1, -0.05) is 0 Å². The maximum atomic E-state index is 11.0. The van der Waals surface area contributed by atoms with E-state index < -0.39 is 6.09 Å². The summed E-state index contributed by atoms with van der Waals surface area (Å²) in [5.74, 6) is 0. The Morgan fingerprint density at radius 3 is 2.56 bits per heavy atom. The van der Waals surface area contributed by atoms with Gasteiger partial charge in [-0.05, 0) is 30.3 Å². The molecule has 0 aliphatic carbocycles. The van der Waals surface area contributed by atoms with Crippen LogP contribution >= 0.6 is 0 Å². The number of benzene rings is 1. The first-order chi connectivity index (χ1) is 8.78. The van der Waals surface area contributed by atoms with Crippen molar-refractivity contribution in [3.8, 4) is 0 Å². The van der Waals surface area contributed by atoms with E-state index in [0.717, 1.165) is 11.3 Å². The molecule has 0 bridgehead atoms. The van der Waals surface area contributed by atoms with Crippen molar-refractivity contribution in [1.82, 2.24) is 0 Å². The van der Waals surface area contributed by atoms with Crippen molar-refractivity contribution >= 4 is 17.5 Å². The van der Waals surface area contributed by atoms with Gasteiger partial charge in [-0.2, -0.15) is 0 Å². The quantitative estimate of drug-likeness (QED) is 0.870. The Labute approximate surface area is 105 Å². The molecule has 0 unspecified atom stereocenters. The largest absolute Gasteiger partial charge is 0.472 e. The molecule has 1 heterocycles.